The highest BCUT2D eigenvalue weighted by Gasteiger charge is 2.42. The van der Waals surface area contributed by atoms with Crippen LogP contribution in [0, 0.1) is 0 Å². The van der Waals surface area contributed by atoms with Crippen LogP contribution in [0.5, 0.6) is 5.75 Å². The van der Waals surface area contributed by atoms with Gasteiger partial charge >= 0.3 is 6.09 Å². The van der Waals surface area contributed by atoms with Crippen LogP contribution in [0.4, 0.5) is 4.79 Å². The molecular weight excluding hydrogens is 244 g/mol. The van der Waals surface area contributed by atoms with Crippen LogP contribution in [0.2, 0.25) is 0 Å². The zero-order valence-electron chi connectivity index (χ0n) is 11.0. The Kier molecular flexibility index (Phi) is 3.29. The first-order chi connectivity index (χ1) is 9.29. The largest absolute Gasteiger partial charge is 0.496 e. The lowest BCUT2D eigenvalue weighted by molar-refractivity contribution is 0.117. The summed E-state index contributed by atoms with van der Waals surface area (Å²) in [5, 5.41) is 3.32. The number of nitrogens with zero attached hydrogens (tertiary/aromatic N) is 1. The van der Waals surface area contributed by atoms with Crippen LogP contribution < -0.4 is 10.1 Å². The number of piperidine rings is 1. The predicted molar refractivity (Wildman–Crippen MR) is 70.1 cm³/mol. The summed E-state index contributed by atoms with van der Waals surface area (Å²) >= 11 is 0. The van der Waals surface area contributed by atoms with E-state index in [0.29, 0.717) is 6.54 Å². The fourth-order valence-corrected chi connectivity index (χ4v) is 2.80. The van der Waals surface area contributed by atoms with E-state index in [1.54, 1.807) is 12.0 Å². The highest BCUT2D eigenvalue weighted by Crippen LogP contribution is 2.28. The Morgan fingerprint density at radius 1 is 1.47 bits per heavy atom. The molecule has 0 aromatic heterocycles. The van der Waals surface area contributed by atoms with Crippen molar-refractivity contribution in [2.24, 2.45) is 0 Å². The molecule has 2 aliphatic rings. The molecule has 2 atom stereocenters. The van der Waals surface area contributed by atoms with Crippen LogP contribution in [-0.4, -0.2) is 43.3 Å². The second-order valence-corrected chi connectivity index (χ2v) is 4.92. The molecule has 1 aromatic rings. The summed E-state index contributed by atoms with van der Waals surface area (Å²) in [5.74, 6) is 0.808. The Morgan fingerprint density at radius 3 is 3.16 bits per heavy atom. The topological polar surface area (TPSA) is 50.8 Å². The maximum absolute atomic E-state index is 12.0. The zero-order valence-corrected chi connectivity index (χ0v) is 11.0. The first-order valence-corrected chi connectivity index (χ1v) is 6.59. The Bertz CT molecular complexity index is 478. The Hall–Kier alpha value is -1.75. The first kappa shape index (κ1) is 12.3. The SMILES string of the molecule is COc1ccccc1CN1C(=O)OC2CCNCC21. The lowest BCUT2D eigenvalue weighted by Gasteiger charge is -2.29. The molecule has 0 bridgehead atoms. The monoisotopic (exact) mass is 262 g/mol. The van der Waals surface area contributed by atoms with Gasteiger partial charge in [-0.2, -0.15) is 0 Å². The number of ether oxygens (including phenoxy) is 2. The third-order valence-corrected chi connectivity index (χ3v) is 3.81. The summed E-state index contributed by atoms with van der Waals surface area (Å²) in [6.07, 6.45) is 0.701. The molecule has 2 heterocycles. The molecule has 2 aliphatic heterocycles. The molecule has 19 heavy (non-hydrogen) atoms. The summed E-state index contributed by atoms with van der Waals surface area (Å²) < 4.78 is 10.8. The van der Waals surface area contributed by atoms with E-state index in [1.807, 2.05) is 24.3 Å². The highest BCUT2D eigenvalue weighted by molar-refractivity contribution is 5.71. The van der Waals surface area contributed by atoms with Gasteiger partial charge in [-0.1, -0.05) is 18.2 Å². The number of para-hydroxylation sites is 1. The zero-order chi connectivity index (χ0) is 13.2. The fourth-order valence-electron chi connectivity index (χ4n) is 2.80. The third-order valence-electron chi connectivity index (χ3n) is 3.81. The third kappa shape index (κ3) is 2.26. The van der Waals surface area contributed by atoms with E-state index in [9.17, 15) is 4.79 Å². The van der Waals surface area contributed by atoms with Crippen LogP contribution in [-0.2, 0) is 11.3 Å². The van der Waals surface area contributed by atoms with Gasteiger partial charge in [0.2, 0.25) is 0 Å². The van der Waals surface area contributed by atoms with E-state index < -0.39 is 0 Å². The van der Waals surface area contributed by atoms with Crippen molar-refractivity contribution < 1.29 is 14.3 Å². The molecule has 5 heteroatoms. The molecule has 0 spiro atoms. The summed E-state index contributed by atoms with van der Waals surface area (Å²) in [6.45, 7) is 2.24. The summed E-state index contributed by atoms with van der Waals surface area (Å²) in [6, 6.07) is 7.90. The van der Waals surface area contributed by atoms with Crippen molar-refractivity contribution in [3.05, 3.63) is 29.8 Å². The van der Waals surface area contributed by atoms with Gasteiger partial charge in [0.25, 0.3) is 0 Å². The number of hydrogen-bond donors (Lipinski definition) is 1. The van der Waals surface area contributed by atoms with E-state index in [-0.39, 0.29) is 18.2 Å². The van der Waals surface area contributed by atoms with Crippen molar-refractivity contribution in [1.29, 1.82) is 0 Å². The van der Waals surface area contributed by atoms with E-state index in [2.05, 4.69) is 5.32 Å². The first-order valence-electron chi connectivity index (χ1n) is 6.59. The van der Waals surface area contributed by atoms with Gasteiger partial charge in [0.15, 0.2) is 0 Å². The van der Waals surface area contributed by atoms with E-state index in [1.165, 1.54) is 0 Å². The van der Waals surface area contributed by atoms with Gasteiger partial charge in [0.1, 0.15) is 11.9 Å². The predicted octanol–water partition coefficient (Wildman–Crippen LogP) is 1.38. The second kappa shape index (κ2) is 5.09. The molecule has 0 radical (unpaired) electrons. The van der Waals surface area contributed by atoms with Gasteiger partial charge in [0, 0.05) is 12.1 Å². The number of amides is 1. The quantitative estimate of drug-likeness (QED) is 0.894. The molecule has 0 saturated carbocycles. The van der Waals surface area contributed by atoms with Crippen molar-refractivity contribution in [3.63, 3.8) is 0 Å². The molecule has 102 valence electrons. The van der Waals surface area contributed by atoms with Crippen LogP contribution >= 0.6 is 0 Å². The minimum atomic E-state index is -0.218. The lowest BCUT2D eigenvalue weighted by atomic mass is 10.0. The van der Waals surface area contributed by atoms with Crippen molar-refractivity contribution >= 4 is 6.09 Å². The number of rotatable bonds is 3. The maximum Gasteiger partial charge on any atom is 0.410 e. The van der Waals surface area contributed by atoms with Gasteiger partial charge in [-0.3, -0.25) is 4.90 Å². The van der Waals surface area contributed by atoms with E-state index in [4.69, 9.17) is 9.47 Å². The molecule has 1 aromatic carbocycles. The molecule has 5 nitrogen and oxygen atoms in total. The smallest absolute Gasteiger partial charge is 0.410 e. The molecule has 3 rings (SSSR count). The van der Waals surface area contributed by atoms with E-state index >= 15 is 0 Å². The van der Waals surface area contributed by atoms with Gasteiger partial charge in [-0.25, -0.2) is 4.79 Å². The fraction of sp³-hybridized carbons (Fsp3) is 0.500. The molecule has 1 amide bonds. The van der Waals surface area contributed by atoms with Crippen molar-refractivity contribution in [1.82, 2.24) is 10.2 Å². The molecule has 1 N–H and O–H groups in total. The summed E-state index contributed by atoms with van der Waals surface area (Å²) in [4.78, 5) is 13.8. The number of hydrogen-bond acceptors (Lipinski definition) is 4. The molecule has 2 unspecified atom stereocenters. The Labute approximate surface area is 112 Å². The minimum Gasteiger partial charge on any atom is -0.496 e. The standard InChI is InChI=1S/C14H18N2O3/c1-18-12-5-3-2-4-10(12)9-16-11-8-15-7-6-13(11)19-14(16)17/h2-5,11,13,15H,6-9H2,1H3. The van der Waals surface area contributed by atoms with Crippen LogP contribution in [0.3, 0.4) is 0 Å². The van der Waals surface area contributed by atoms with Gasteiger partial charge < -0.3 is 14.8 Å². The minimum absolute atomic E-state index is 0.0310. The Morgan fingerprint density at radius 2 is 2.32 bits per heavy atom. The summed E-state index contributed by atoms with van der Waals surface area (Å²) in [5.41, 5.74) is 1.01. The Balaban J connectivity index is 1.80. The van der Waals surface area contributed by atoms with Gasteiger partial charge in [-0.05, 0) is 19.0 Å². The van der Waals surface area contributed by atoms with Gasteiger partial charge in [0.05, 0.1) is 19.7 Å². The molecule has 0 aliphatic carbocycles. The molecular formula is C14H18N2O3. The number of carbonyl (C=O) groups is 1. The number of benzene rings is 1. The van der Waals surface area contributed by atoms with Crippen LogP contribution in [0.1, 0.15) is 12.0 Å². The van der Waals surface area contributed by atoms with Crippen molar-refractivity contribution in [2.45, 2.75) is 25.1 Å². The molecule has 2 saturated heterocycles. The lowest BCUT2D eigenvalue weighted by Crippen LogP contribution is -2.48. The van der Waals surface area contributed by atoms with Gasteiger partial charge in [-0.15, -0.1) is 0 Å². The maximum atomic E-state index is 12.0. The van der Waals surface area contributed by atoms with E-state index in [0.717, 1.165) is 30.8 Å². The highest BCUT2D eigenvalue weighted by atomic mass is 16.6. The van der Waals surface area contributed by atoms with Crippen LogP contribution in [0.25, 0.3) is 0 Å². The van der Waals surface area contributed by atoms with Crippen LogP contribution in [0.15, 0.2) is 24.3 Å². The number of carbonyl (C=O) groups excluding carboxylic acids is 1. The van der Waals surface area contributed by atoms with Crippen molar-refractivity contribution in [3.8, 4) is 5.75 Å². The average molecular weight is 262 g/mol. The average Bonchev–Trinajstić information content (AvgIpc) is 2.76. The number of methoxy groups -OCH3 is 1. The molecule has 2 fully saturated rings. The second-order valence-electron chi connectivity index (χ2n) is 4.92. The normalized spacial score (nSPS) is 25.9. The number of fused-ring (bicyclic) bond motifs is 1. The summed E-state index contributed by atoms with van der Waals surface area (Å²) in [7, 11) is 1.64. The number of nitrogens with one attached hydrogen (secondary N) is 1. The van der Waals surface area contributed by atoms with Crippen molar-refractivity contribution in [2.75, 3.05) is 20.2 Å².